The Labute approximate surface area is 120 Å². The fourth-order valence-electron chi connectivity index (χ4n) is 1.69. The van der Waals surface area contributed by atoms with Crippen LogP contribution in [0.1, 0.15) is 18.6 Å². The summed E-state index contributed by atoms with van der Waals surface area (Å²) >= 11 is 16.6. The Morgan fingerprint density at radius 2 is 2.00 bits per heavy atom. The van der Waals surface area contributed by atoms with E-state index in [1.165, 1.54) is 0 Å². The van der Waals surface area contributed by atoms with Gasteiger partial charge in [-0.05, 0) is 12.5 Å². The van der Waals surface area contributed by atoms with Crippen molar-refractivity contribution in [3.63, 3.8) is 0 Å². The molecule has 0 bridgehead atoms. The van der Waals surface area contributed by atoms with Gasteiger partial charge in [0.1, 0.15) is 18.3 Å². The van der Waals surface area contributed by atoms with Gasteiger partial charge in [0.25, 0.3) is 3.79 Å². The summed E-state index contributed by atoms with van der Waals surface area (Å²) in [5, 5.41) is 7.44. The third-order valence-corrected chi connectivity index (χ3v) is 3.26. The van der Waals surface area contributed by atoms with Crippen LogP contribution in [0.25, 0.3) is 0 Å². The molecule has 2 atom stereocenters. The summed E-state index contributed by atoms with van der Waals surface area (Å²) in [5.74, 6) is -0.393. The van der Waals surface area contributed by atoms with Gasteiger partial charge >= 0.3 is 0 Å². The van der Waals surface area contributed by atoms with Crippen molar-refractivity contribution in [3.05, 3.63) is 35.9 Å². The summed E-state index contributed by atoms with van der Waals surface area (Å²) in [5.41, 5.74) is 0.604. The van der Waals surface area contributed by atoms with Crippen molar-refractivity contribution in [1.29, 1.82) is 5.41 Å². The van der Waals surface area contributed by atoms with Gasteiger partial charge in [0.15, 0.2) is 0 Å². The first-order valence-electron chi connectivity index (χ1n) is 5.34. The first-order valence-corrected chi connectivity index (χ1v) is 6.48. The summed E-state index contributed by atoms with van der Waals surface area (Å²) in [4.78, 5) is 0. The van der Waals surface area contributed by atoms with Crippen molar-refractivity contribution < 1.29 is 9.47 Å². The van der Waals surface area contributed by atoms with Crippen LogP contribution in [0, 0.1) is 5.41 Å². The molecule has 1 aromatic rings. The molecule has 0 aromatic heterocycles. The van der Waals surface area contributed by atoms with E-state index in [4.69, 9.17) is 49.7 Å². The van der Waals surface area contributed by atoms with Crippen LogP contribution in [0.4, 0.5) is 0 Å². The minimum Gasteiger partial charge on any atom is -0.475 e. The maximum Gasteiger partial charge on any atom is 0.265 e. The molecule has 1 heterocycles. The topological polar surface area (TPSA) is 45.6 Å². The number of epoxide rings is 1. The third-order valence-electron chi connectivity index (χ3n) is 2.75. The molecule has 0 radical (unpaired) electrons. The normalized spacial score (nSPS) is 26.8. The maximum absolute atomic E-state index is 7.44. The van der Waals surface area contributed by atoms with Gasteiger partial charge in [-0.1, -0.05) is 65.1 Å². The average Bonchev–Trinajstić information content (AvgIpc) is 2.99. The van der Waals surface area contributed by atoms with Crippen molar-refractivity contribution >= 4 is 40.7 Å². The molecule has 6 heteroatoms. The van der Waals surface area contributed by atoms with Crippen molar-refractivity contribution in [1.82, 2.24) is 0 Å². The predicted molar refractivity (Wildman–Crippen MR) is 72.6 cm³/mol. The SMILES string of the molecule is C[C@@]1(COC(=N)C(Cl)(Cl)Cl)O[C@H]1c1ccccc1. The molecule has 0 spiro atoms. The summed E-state index contributed by atoms with van der Waals surface area (Å²) in [6, 6.07) is 9.80. The molecule has 0 amide bonds. The second kappa shape index (κ2) is 4.89. The van der Waals surface area contributed by atoms with E-state index in [-0.39, 0.29) is 12.7 Å². The Morgan fingerprint density at radius 3 is 2.56 bits per heavy atom. The standard InChI is InChI=1S/C12H12Cl3NO2/c1-11(7-17-10(16)12(13,14)15)9(18-11)8-5-3-2-4-6-8/h2-6,9,16H,7H2,1H3/t9-,11-/m0/s1. The lowest BCUT2D eigenvalue weighted by Crippen LogP contribution is -2.26. The van der Waals surface area contributed by atoms with E-state index in [9.17, 15) is 0 Å². The molecule has 1 aliphatic heterocycles. The summed E-state index contributed by atoms with van der Waals surface area (Å²) in [7, 11) is 0. The van der Waals surface area contributed by atoms with Gasteiger partial charge in [0, 0.05) is 0 Å². The van der Waals surface area contributed by atoms with Crippen LogP contribution in [0.5, 0.6) is 0 Å². The maximum atomic E-state index is 7.44. The number of ether oxygens (including phenoxy) is 2. The number of alkyl halides is 3. The monoisotopic (exact) mass is 307 g/mol. The van der Waals surface area contributed by atoms with Gasteiger partial charge in [0.2, 0.25) is 5.90 Å². The van der Waals surface area contributed by atoms with E-state index >= 15 is 0 Å². The Hall–Kier alpha value is -0.480. The zero-order valence-electron chi connectivity index (χ0n) is 9.62. The van der Waals surface area contributed by atoms with Crippen LogP contribution in [-0.4, -0.2) is 21.9 Å². The second-order valence-corrected chi connectivity index (χ2v) is 6.62. The highest BCUT2D eigenvalue weighted by molar-refractivity contribution is 6.76. The van der Waals surface area contributed by atoms with Gasteiger partial charge in [-0.3, -0.25) is 5.41 Å². The molecule has 1 N–H and O–H groups in total. The first kappa shape index (κ1) is 13.9. The van der Waals surface area contributed by atoms with Crippen LogP contribution in [0.2, 0.25) is 0 Å². The first-order chi connectivity index (χ1) is 8.33. The quantitative estimate of drug-likeness (QED) is 0.398. The van der Waals surface area contributed by atoms with Crippen LogP contribution in [-0.2, 0) is 9.47 Å². The van der Waals surface area contributed by atoms with Crippen LogP contribution in [0.15, 0.2) is 30.3 Å². The smallest absolute Gasteiger partial charge is 0.265 e. The number of halogens is 3. The lowest BCUT2D eigenvalue weighted by molar-refractivity contribution is 0.189. The zero-order valence-corrected chi connectivity index (χ0v) is 11.9. The highest BCUT2D eigenvalue weighted by Gasteiger charge is 2.54. The Bertz CT molecular complexity index is 446. The Morgan fingerprint density at radius 1 is 1.39 bits per heavy atom. The minimum absolute atomic E-state index is 0.0399. The number of rotatable bonds is 3. The van der Waals surface area contributed by atoms with Gasteiger partial charge in [-0.2, -0.15) is 0 Å². The third kappa shape index (κ3) is 3.09. The van der Waals surface area contributed by atoms with Crippen molar-refractivity contribution in [2.45, 2.75) is 22.4 Å². The second-order valence-electron chi connectivity index (χ2n) is 4.34. The van der Waals surface area contributed by atoms with Crippen LogP contribution in [0.3, 0.4) is 0 Å². The van der Waals surface area contributed by atoms with Gasteiger partial charge in [-0.15, -0.1) is 0 Å². The molecule has 1 saturated heterocycles. The highest BCUT2D eigenvalue weighted by atomic mass is 35.6. The lowest BCUT2D eigenvalue weighted by atomic mass is 10.0. The minimum atomic E-state index is -1.83. The van der Waals surface area contributed by atoms with E-state index in [1.54, 1.807) is 0 Å². The van der Waals surface area contributed by atoms with Crippen LogP contribution >= 0.6 is 34.8 Å². The zero-order chi connectivity index (χ0) is 13.4. The van der Waals surface area contributed by atoms with E-state index in [1.807, 2.05) is 37.3 Å². The van der Waals surface area contributed by atoms with Crippen molar-refractivity contribution in [3.8, 4) is 0 Å². The average molecular weight is 309 g/mol. The fraction of sp³-hybridized carbons (Fsp3) is 0.417. The van der Waals surface area contributed by atoms with E-state index in [0.29, 0.717) is 0 Å². The molecular formula is C12H12Cl3NO2. The van der Waals surface area contributed by atoms with E-state index in [2.05, 4.69) is 0 Å². The Balaban J connectivity index is 1.91. The molecule has 0 aliphatic carbocycles. The van der Waals surface area contributed by atoms with Gasteiger partial charge in [-0.25, -0.2) is 0 Å². The van der Waals surface area contributed by atoms with E-state index in [0.717, 1.165) is 5.56 Å². The highest BCUT2D eigenvalue weighted by Crippen LogP contribution is 2.49. The molecular weight excluding hydrogens is 296 g/mol. The number of nitrogens with one attached hydrogen (secondary N) is 1. The molecule has 0 unspecified atom stereocenters. The molecule has 0 saturated carbocycles. The molecule has 18 heavy (non-hydrogen) atoms. The molecule has 98 valence electrons. The number of hydrogen-bond donors (Lipinski definition) is 1. The Kier molecular flexibility index (Phi) is 3.79. The lowest BCUT2D eigenvalue weighted by Gasteiger charge is -2.15. The van der Waals surface area contributed by atoms with E-state index < -0.39 is 15.3 Å². The summed E-state index contributed by atoms with van der Waals surface area (Å²) in [6.07, 6.45) is -0.0399. The number of hydrogen-bond acceptors (Lipinski definition) is 3. The predicted octanol–water partition coefficient (Wildman–Crippen LogP) is 3.88. The van der Waals surface area contributed by atoms with Crippen molar-refractivity contribution in [2.24, 2.45) is 0 Å². The van der Waals surface area contributed by atoms with Crippen LogP contribution < -0.4 is 0 Å². The molecule has 2 rings (SSSR count). The fourth-order valence-corrected chi connectivity index (χ4v) is 1.85. The largest absolute Gasteiger partial charge is 0.475 e. The van der Waals surface area contributed by atoms with Gasteiger partial charge < -0.3 is 9.47 Å². The summed E-state index contributed by atoms with van der Waals surface area (Å²) < 4.78 is 8.92. The van der Waals surface area contributed by atoms with Gasteiger partial charge in [0.05, 0.1) is 0 Å². The van der Waals surface area contributed by atoms with Crippen molar-refractivity contribution in [2.75, 3.05) is 6.61 Å². The molecule has 1 aliphatic rings. The molecule has 1 aromatic carbocycles. The summed E-state index contributed by atoms with van der Waals surface area (Å²) in [6.45, 7) is 2.08. The molecule has 1 fully saturated rings. The number of benzene rings is 1. The molecule has 3 nitrogen and oxygen atoms in total.